The molecule has 9 heteroatoms. The molecule has 2 aromatic carbocycles. The van der Waals surface area contributed by atoms with Gasteiger partial charge in [0.2, 0.25) is 5.13 Å². The molecule has 0 aliphatic heterocycles. The Morgan fingerprint density at radius 3 is 2.64 bits per heavy atom. The van der Waals surface area contributed by atoms with E-state index in [2.05, 4.69) is 26.3 Å². The van der Waals surface area contributed by atoms with Crippen LogP contribution in [0.15, 0.2) is 52.9 Å². The van der Waals surface area contributed by atoms with Crippen LogP contribution in [0, 0.1) is 11.3 Å². The first kappa shape index (κ1) is 19.5. The number of nitriles is 1. The van der Waals surface area contributed by atoms with Crippen molar-refractivity contribution in [1.29, 1.82) is 5.26 Å². The predicted octanol–water partition coefficient (Wildman–Crippen LogP) is 3.74. The van der Waals surface area contributed by atoms with E-state index in [1.807, 2.05) is 12.1 Å². The van der Waals surface area contributed by atoms with E-state index in [1.54, 1.807) is 30.3 Å². The van der Waals surface area contributed by atoms with Gasteiger partial charge < -0.3 is 4.74 Å². The number of ether oxygens (including phenoxy) is 1. The van der Waals surface area contributed by atoms with Gasteiger partial charge in [-0.1, -0.05) is 41.3 Å². The minimum atomic E-state index is -0.507. The van der Waals surface area contributed by atoms with E-state index in [0.29, 0.717) is 31.9 Å². The van der Waals surface area contributed by atoms with Gasteiger partial charge in [-0.05, 0) is 35.9 Å². The smallest absolute Gasteiger partial charge is 0.337 e. The fourth-order valence-corrected chi connectivity index (χ4v) is 3.92. The van der Waals surface area contributed by atoms with Gasteiger partial charge in [-0.2, -0.15) is 5.26 Å². The SMILES string of the molecule is COC(=O)c1cccc(C(=O)Nc2nnc(SCc3ccc(C#N)cc3)s2)c1. The molecule has 0 bridgehead atoms. The third-order valence-electron chi connectivity index (χ3n) is 3.62. The summed E-state index contributed by atoms with van der Waals surface area (Å²) < 4.78 is 5.37. The summed E-state index contributed by atoms with van der Waals surface area (Å²) in [5.41, 5.74) is 2.30. The van der Waals surface area contributed by atoms with E-state index < -0.39 is 5.97 Å². The van der Waals surface area contributed by atoms with Crippen LogP contribution < -0.4 is 5.32 Å². The minimum Gasteiger partial charge on any atom is -0.465 e. The molecule has 0 aliphatic rings. The maximum atomic E-state index is 12.4. The molecule has 0 fully saturated rings. The number of rotatable bonds is 6. The fourth-order valence-electron chi connectivity index (χ4n) is 2.21. The lowest BCUT2D eigenvalue weighted by molar-refractivity contribution is 0.0600. The molecule has 0 radical (unpaired) electrons. The number of nitrogens with zero attached hydrogens (tertiary/aromatic N) is 3. The van der Waals surface area contributed by atoms with Crippen molar-refractivity contribution >= 4 is 40.1 Å². The highest BCUT2D eigenvalue weighted by Gasteiger charge is 2.13. The summed E-state index contributed by atoms with van der Waals surface area (Å²) in [6, 6.07) is 15.7. The molecular formula is C19H14N4O3S2. The molecule has 140 valence electrons. The van der Waals surface area contributed by atoms with Crippen molar-refractivity contribution in [3.8, 4) is 6.07 Å². The lowest BCUT2D eigenvalue weighted by atomic mass is 10.1. The Labute approximate surface area is 169 Å². The number of esters is 1. The Bertz CT molecular complexity index is 1040. The number of thioether (sulfide) groups is 1. The molecule has 0 unspecified atom stereocenters. The molecule has 28 heavy (non-hydrogen) atoms. The van der Waals surface area contributed by atoms with Crippen molar-refractivity contribution in [2.24, 2.45) is 0 Å². The number of hydrogen-bond donors (Lipinski definition) is 1. The second-order valence-corrected chi connectivity index (χ2v) is 7.70. The highest BCUT2D eigenvalue weighted by Crippen LogP contribution is 2.28. The summed E-state index contributed by atoms with van der Waals surface area (Å²) in [7, 11) is 1.29. The van der Waals surface area contributed by atoms with Crippen LogP contribution in [-0.4, -0.2) is 29.2 Å². The molecule has 0 saturated heterocycles. The summed E-state index contributed by atoms with van der Waals surface area (Å²) >= 11 is 2.75. The van der Waals surface area contributed by atoms with Crippen LogP contribution in [0.4, 0.5) is 5.13 Å². The van der Waals surface area contributed by atoms with E-state index >= 15 is 0 Å². The largest absolute Gasteiger partial charge is 0.465 e. The molecule has 0 spiro atoms. The van der Waals surface area contributed by atoms with Crippen LogP contribution in [0.1, 0.15) is 31.8 Å². The normalized spacial score (nSPS) is 10.1. The zero-order valence-electron chi connectivity index (χ0n) is 14.7. The van der Waals surface area contributed by atoms with E-state index in [4.69, 9.17) is 5.26 Å². The quantitative estimate of drug-likeness (QED) is 0.375. The Kier molecular flexibility index (Phi) is 6.37. The molecular weight excluding hydrogens is 396 g/mol. The van der Waals surface area contributed by atoms with Crippen molar-refractivity contribution in [2.75, 3.05) is 12.4 Å². The summed E-state index contributed by atoms with van der Waals surface area (Å²) in [6.45, 7) is 0. The zero-order valence-corrected chi connectivity index (χ0v) is 16.3. The van der Waals surface area contributed by atoms with Crippen LogP contribution in [0.5, 0.6) is 0 Å². The average molecular weight is 410 g/mol. The maximum Gasteiger partial charge on any atom is 0.337 e. The molecule has 7 nitrogen and oxygen atoms in total. The average Bonchev–Trinajstić information content (AvgIpc) is 3.19. The maximum absolute atomic E-state index is 12.4. The monoisotopic (exact) mass is 410 g/mol. The molecule has 0 aliphatic carbocycles. The van der Waals surface area contributed by atoms with Crippen LogP contribution in [0.25, 0.3) is 0 Å². The first-order chi connectivity index (χ1) is 13.6. The van der Waals surface area contributed by atoms with Crippen molar-refractivity contribution in [1.82, 2.24) is 10.2 Å². The van der Waals surface area contributed by atoms with Crippen LogP contribution in [0.2, 0.25) is 0 Å². The van der Waals surface area contributed by atoms with Gasteiger partial charge in [0, 0.05) is 11.3 Å². The van der Waals surface area contributed by atoms with Gasteiger partial charge in [0.25, 0.3) is 5.91 Å². The molecule has 1 aromatic heterocycles. The lowest BCUT2D eigenvalue weighted by Gasteiger charge is -2.03. The van der Waals surface area contributed by atoms with E-state index in [0.717, 1.165) is 5.56 Å². The first-order valence-corrected chi connectivity index (χ1v) is 9.84. The number of anilines is 1. The van der Waals surface area contributed by atoms with Gasteiger partial charge in [-0.15, -0.1) is 10.2 Å². The lowest BCUT2D eigenvalue weighted by Crippen LogP contribution is -2.13. The van der Waals surface area contributed by atoms with Crippen molar-refractivity contribution in [2.45, 2.75) is 10.1 Å². The van der Waals surface area contributed by atoms with Gasteiger partial charge in [-0.25, -0.2) is 4.79 Å². The first-order valence-electron chi connectivity index (χ1n) is 8.04. The Morgan fingerprint density at radius 2 is 1.93 bits per heavy atom. The van der Waals surface area contributed by atoms with Gasteiger partial charge in [-0.3, -0.25) is 10.1 Å². The number of carbonyl (C=O) groups excluding carboxylic acids is 2. The van der Waals surface area contributed by atoms with Crippen molar-refractivity contribution in [3.05, 3.63) is 70.8 Å². The highest BCUT2D eigenvalue weighted by atomic mass is 32.2. The Morgan fingerprint density at radius 1 is 1.18 bits per heavy atom. The standard InChI is InChI=1S/C19H14N4O3S2/c1-26-17(25)15-4-2-3-14(9-15)16(24)21-18-22-23-19(28-18)27-11-13-7-5-12(10-20)6-8-13/h2-9H,11H2,1H3,(H,21,22,24). The van der Waals surface area contributed by atoms with Gasteiger partial charge in [0.05, 0.1) is 24.3 Å². The highest BCUT2D eigenvalue weighted by molar-refractivity contribution is 8.00. The van der Waals surface area contributed by atoms with Crippen LogP contribution in [-0.2, 0) is 10.5 Å². The molecule has 3 rings (SSSR count). The Hall–Kier alpha value is -3.22. The second-order valence-electron chi connectivity index (χ2n) is 5.50. The molecule has 0 saturated carbocycles. The molecule has 0 atom stereocenters. The van der Waals surface area contributed by atoms with Crippen molar-refractivity contribution in [3.63, 3.8) is 0 Å². The summed E-state index contributed by atoms with van der Waals surface area (Å²) in [5, 5.41) is 19.9. The van der Waals surface area contributed by atoms with E-state index in [-0.39, 0.29) is 5.91 Å². The molecule has 1 heterocycles. The number of aromatic nitrogens is 2. The topological polar surface area (TPSA) is 105 Å². The number of carbonyl (C=O) groups is 2. The van der Waals surface area contributed by atoms with E-state index in [1.165, 1.54) is 36.3 Å². The van der Waals surface area contributed by atoms with Crippen LogP contribution >= 0.6 is 23.1 Å². The third kappa shape index (κ3) is 4.94. The summed E-state index contributed by atoms with van der Waals surface area (Å²) in [4.78, 5) is 24.0. The van der Waals surface area contributed by atoms with E-state index in [9.17, 15) is 9.59 Å². The molecule has 1 N–H and O–H groups in total. The summed E-state index contributed by atoms with van der Waals surface area (Å²) in [6.07, 6.45) is 0. The summed E-state index contributed by atoms with van der Waals surface area (Å²) in [5.74, 6) is -0.215. The minimum absolute atomic E-state index is 0.297. The number of amides is 1. The number of nitrogens with one attached hydrogen (secondary N) is 1. The van der Waals surface area contributed by atoms with Crippen LogP contribution in [0.3, 0.4) is 0 Å². The van der Waals surface area contributed by atoms with Crippen molar-refractivity contribution < 1.29 is 14.3 Å². The second kappa shape index (κ2) is 9.12. The van der Waals surface area contributed by atoms with Gasteiger partial charge in [0.1, 0.15) is 0 Å². The number of benzene rings is 2. The number of methoxy groups -OCH3 is 1. The fraction of sp³-hybridized carbons (Fsp3) is 0.105. The third-order valence-corrected chi connectivity index (χ3v) is 5.66. The molecule has 1 amide bonds. The van der Waals surface area contributed by atoms with Gasteiger partial charge in [0.15, 0.2) is 4.34 Å². The predicted molar refractivity (Wildman–Crippen MR) is 106 cm³/mol. The van der Waals surface area contributed by atoms with Gasteiger partial charge >= 0.3 is 5.97 Å². The Balaban J connectivity index is 1.60. The zero-order chi connectivity index (χ0) is 19.9. The number of hydrogen-bond acceptors (Lipinski definition) is 8. The molecule has 3 aromatic rings.